The Balaban J connectivity index is 1.84. The molecule has 1 unspecified atom stereocenters. The highest BCUT2D eigenvalue weighted by molar-refractivity contribution is 7.22. The van der Waals surface area contributed by atoms with Crippen LogP contribution in [0.3, 0.4) is 0 Å². The van der Waals surface area contributed by atoms with E-state index in [2.05, 4.69) is 16.4 Å². The number of para-hydroxylation sites is 1. The highest BCUT2D eigenvalue weighted by atomic mass is 32.1. The van der Waals surface area contributed by atoms with Crippen LogP contribution in [0.15, 0.2) is 24.3 Å². The molecule has 1 atom stereocenters. The van der Waals surface area contributed by atoms with Crippen LogP contribution in [0, 0.1) is 0 Å². The number of nitrogens with one attached hydrogen (secondary N) is 1. The highest BCUT2D eigenvalue weighted by Gasteiger charge is 2.16. The van der Waals surface area contributed by atoms with Crippen molar-refractivity contribution in [2.24, 2.45) is 0 Å². The van der Waals surface area contributed by atoms with Gasteiger partial charge in [-0.1, -0.05) is 23.5 Å². The van der Waals surface area contributed by atoms with Gasteiger partial charge in [0.25, 0.3) is 0 Å². The predicted molar refractivity (Wildman–Crippen MR) is 62.5 cm³/mol. The zero-order valence-corrected chi connectivity index (χ0v) is 9.09. The fourth-order valence-electron chi connectivity index (χ4n) is 1.76. The molecule has 0 aliphatic carbocycles. The summed E-state index contributed by atoms with van der Waals surface area (Å²) in [7, 11) is 0. The number of rotatable bonds is 2. The molecule has 1 aliphatic heterocycles. The second-order valence-electron chi connectivity index (χ2n) is 3.69. The lowest BCUT2D eigenvalue weighted by molar-refractivity contribution is 0.195. The third-order valence-corrected chi connectivity index (χ3v) is 3.52. The number of thiazole rings is 1. The molecule has 0 radical (unpaired) electrons. The molecule has 3 rings (SSSR count). The molecule has 0 spiro atoms. The number of nitrogens with zero attached hydrogens (tertiary/aromatic N) is 1. The molecule has 4 heteroatoms. The first-order valence-electron chi connectivity index (χ1n) is 5.12. The summed E-state index contributed by atoms with van der Waals surface area (Å²) in [5.74, 6) is 0. The molecule has 3 nitrogen and oxygen atoms in total. The maximum absolute atomic E-state index is 5.32. The Morgan fingerprint density at radius 2 is 2.33 bits per heavy atom. The van der Waals surface area contributed by atoms with Crippen LogP contribution in [0.1, 0.15) is 6.42 Å². The van der Waals surface area contributed by atoms with Crippen molar-refractivity contribution in [3.8, 4) is 0 Å². The smallest absolute Gasteiger partial charge is 0.184 e. The molecule has 1 aliphatic rings. The Morgan fingerprint density at radius 3 is 3.13 bits per heavy atom. The Bertz CT molecular complexity index is 429. The van der Waals surface area contributed by atoms with Gasteiger partial charge in [-0.15, -0.1) is 0 Å². The van der Waals surface area contributed by atoms with E-state index in [9.17, 15) is 0 Å². The molecular weight excluding hydrogens is 208 g/mol. The minimum atomic E-state index is 0.436. The van der Waals surface area contributed by atoms with Gasteiger partial charge in [0.1, 0.15) is 0 Å². The van der Waals surface area contributed by atoms with Gasteiger partial charge >= 0.3 is 0 Å². The van der Waals surface area contributed by atoms with Crippen LogP contribution < -0.4 is 5.32 Å². The zero-order chi connectivity index (χ0) is 10.1. The fraction of sp³-hybridized carbons (Fsp3) is 0.364. The third kappa shape index (κ3) is 1.82. The van der Waals surface area contributed by atoms with Gasteiger partial charge in [-0.25, -0.2) is 4.98 Å². The predicted octanol–water partition coefficient (Wildman–Crippen LogP) is 2.50. The quantitative estimate of drug-likeness (QED) is 0.844. The van der Waals surface area contributed by atoms with E-state index in [0.29, 0.717) is 6.04 Å². The summed E-state index contributed by atoms with van der Waals surface area (Å²) in [4.78, 5) is 4.53. The van der Waals surface area contributed by atoms with Gasteiger partial charge in [0.05, 0.1) is 22.9 Å². The van der Waals surface area contributed by atoms with Crippen molar-refractivity contribution < 1.29 is 4.74 Å². The molecule has 1 aromatic heterocycles. The van der Waals surface area contributed by atoms with Crippen molar-refractivity contribution >= 4 is 26.7 Å². The standard InChI is InChI=1S/C11H12N2OS/c1-2-4-10-9(3-1)13-11(15-10)12-8-5-6-14-7-8/h1-4,8H,5-7H2,(H,12,13). The molecule has 1 N–H and O–H groups in total. The van der Waals surface area contributed by atoms with Crippen LogP contribution in [-0.2, 0) is 4.74 Å². The number of aromatic nitrogens is 1. The zero-order valence-electron chi connectivity index (χ0n) is 8.27. The maximum Gasteiger partial charge on any atom is 0.184 e. The first-order valence-corrected chi connectivity index (χ1v) is 5.93. The normalized spacial score (nSPS) is 20.9. The minimum absolute atomic E-state index is 0.436. The first kappa shape index (κ1) is 9.12. The van der Waals surface area contributed by atoms with Crippen LogP contribution in [0.25, 0.3) is 10.2 Å². The molecule has 0 saturated carbocycles. The largest absolute Gasteiger partial charge is 0.379 e. The molecular formula is C11H12N2OS. The molecule has 15 heavy (non-hydrogen) atoms. The van der Waals surface area contributed by atoms with Crippen LogP contribution in [0.5, 0.6) is 0 Å². The Labute approximate surface area is 92.1 Å². The van der Waals surface area contributed by atoms with Crippen molar-refractivity contribution in [1.29, 1.82) is 0 Å². The van der Waals surface area contributed by atoms with Gasteiger partial charge in [0.2, 0.25) is 0 Å². The van der Waals surface area contributed by atoms with Crippen LogP contribution in [0.2, 0.25) is 0 Å². The van der Waals surface area contributed by atoms with Gasteiger partial charge in [-0.2, -0.15) is 0 Å². The van der Waals surface area contributed by atoms with Crippen LogP contribution in [0.4, 0.5) is 5.13 Å². The van der Waals surface area contributed by atoms with Gasteiger partial charge in [-0.3, -0.25) is 0 Å². The lowest BCUT2D eigenvalue weighted by atomic mass is 10.3. The Kier molecular flexibility index (Phi) is 2.31. The van der Waals surface area contributed by atoms with Gasteiger partial charge in [-0.05, 0) is 18.6 Å². The van der Waals surface area contributed by atoms with Crippen LogP contribution in [-0.4, -0.2) is 24.2 Å². The van der Waals surface area contributed by atoms with Crippen LogP contribution >= 0.6 is 11.3 Å². The van der Waals surface area contributed by atoms with E-state index in [1.165, 1.54) is 4.70 Å². The lowest BCUT2D eigenvalue weighted by Gasteiger charge is -2.07. The molecule has 1 fully saturated rings. The third-order valence-electron chi connectivity index (χ3n) is 2.55. The first-order chi connectivity index (χ1) is 7.42. The van der Waals surface area contributed by atoms with E-state index in [-0.39, 0.29) is 0 Å². The molecule has 2 aromatic rings. The second kappa shape index (κ2) is 3.79. The summed E-state index contributed by atoms with van der Waals surface area (Å²) >= 11 is 1.71. The number of hydrogen-bond acceptors (Lipinski definition) is 4. The summed E-state index contributed by atoms with van der Waals surface area (Å²) in [6.07, 6.45) is 1.08. The molecule has 78 valence electrons. The summed E-state index contributed by atoms with van der Waals surface area (Å²) in [6, 6.07) is 8.64. The average Bonchev–Trinajstić information content (AvgIpc) is 2.86. The van der Waals surface area contributed by atoms with Crippen molar-refractivity contribution in [3.05, 3.63) is 24.3 Å². The number of hydrogen-bond donors (Lipinski definition) is 1. The summed E-state index contributed by atoms with van der Waals surface area (Å²) < 4.78 is 6.55. The molecule has 0 bridgehead atoms. The summed E-state index contributed by atoms with van der Waals surface area (Å²) in [5.41, 5.74) is 1.07. The molecule has 0 amide bonds. The fourth-order valence-corrected chi connectivity index (χ4v) is 2.70. The van der Waals surface area contributed by atoms with Crippen molar-refractivity contribution in [2.75, 3.05) is 18.5 Å². The number of ether oxygens (including phenoxy) is 1. The van der Waals surface area contributed by atoms with E-state index < -0.39 is 0 Å². The summed E-state index contributed by atoms with van der Waals surface area (Å²) in [5, 5.41) is 4.42. The Hall–Kier alpha value is -1.13. The number of benzene rings is 1. The van der Waals surface area contributed by atoms with Crippen molar-refractivity contribution in [2.45, 2.75) is 12.5 Å². The topological polar surface area (TPSA) is 34.1 Å². The van der Waals surface area contributed by atoms with E-state index in [1.54, 1.807) is 11.3 Å². The average molecular weight is 220 g/mol. The van der Waals surface area contributed by atoms with Crippen molar-refractivity contribution in [3.63, 3.8) is 0 Å². The number of fused-ring (bicyclic) bond motifs is 1. The maximum atomic E-state index is 5.32. The molecule has 1 saturated heterocycles. The van der Waals surface area contributed by atoms with Gasteiger partial charge in [0.15, 0.2) is 5.13 Å². The van der Waals surface area contributed by atoms with E-state index in [0.717, 1.165) is 30.3 Å². The van der Waals surface area contributed by atoms with Gasteiger partial charge in [0, 0.05) is 6.61 Å². The SMILES string of the molecule is c1ccc2sc(NC3CCOC3)nc2c1. The van der Waals surface area contributed by atoms with E-state index >= 15 is 0 Å². The molecule has 2 heterocycles. The lowest BCUT2D eigenvalue weighted by Crippen LogP contribution is -2.18. The monoisotopic (exact) mass is 220 g/mol. The van der Waals surface area contributed by atoms with Gasteiger partial charge < -0.3 is 10.1 Å². The highest BCUT2D eigenvalue weighted by Crippen LogP contribution is 2.26. The summed E-state index contributed by atoms with van der Waals surface area (Å²) in [6.45, 7) is 1.67. The molecule has 1 aromatic carbocycles. The van der Waals surface area contributed by atoms with E-state index in [1.807, 2.05) is 18.2 Å². The minimum Gasteiger partial charge on any atom is -0.379 e. The second-order valence-corrected chi connectivity index (χ2v) is 4.72. The van der Waals surface area contributed by atoms with Crippen molar-refractivity contribution in [1.82, 2.24) is 4.98 Å². The number of anilines is 1. The Morgan fingerprint density at radius 1 is 1.40 bits per heavy atom. The van der Waals surface area contributed by atoms with E-state index in [4.69, 9.17) is 4.74 Å².